The van der Waals surface area contributed by atoms with E-state index in [1.165, 1.54) is 58.0 Å². The van der Waals surface area contributed by atoms with E-state index in [-0.39, 0.29) is 24.0 Å². The summed E-state index contributed by atoms with van der Waals surface area (Å²) in [6.45, 7) is 7.65. The molecule has 0 bridgehead atoms. The van der Waals surface area contributed by atoms with E-state index in [4.69, 9.17) is 4.99 Å². The van der Waals surface area contributed by atoms with Crippen LogP contribution in [0.3, 0.4) is 0 Å². The number of piperidine rings is 1. The third-order valence-electron chi connectivity index (χ3n) is 4.18. The summed E-state index contributed by atoms with van der Waals surface area (Å²) in [5.74, 6) is 1.02. The molecule has 118 valence electrons. The number of guanidine groups is 1. The van der Waals surface area contributed by atoms with Crippen LogP contribution in [0.1, 0.15) is 51.9 Å². The van der Waals surface area contributed by atoms with Gasteiger partial charge in [-0.1, -0.05) is 19.3 Å². The van der Waals surface area contributed by atoms with Gasteiger partial charge in [-0.05, 0) is 45.7 Å². The molecule has 2 aliphatic rings. The molecule has 0 spiro atoms. The molecule has 2 N–H and O–H groups in total. The minimum Gasteiger partial charge on any atom is -0.357 e. The molecule has 1 saturated heterocycles. The first kappa shape index (κ1) is 18.0. The Labute approximate surface area is 141 Å². The third-order valence-corrected chi connectivity index (χ3v) is 4.18. The lowest BCUT2D eigenvalue weighted by Gasteiger charge is -2.25. The summed E-state index contributed by atoms with van der Waals surface area (Å²) in [5, 5.41) is 6.94. The SMILES string of the molecule is CCNC(=NCCN1CCCCC1)NC1CCCC1.I. The average Bonchev–Trinajstić information content (AvgIpc) is 2.93. The molecular weight excluding hydrogens is 363 g/mol. The van der Waals surface area contributed by atoms with Crippen LogP contribution < -0.4 is 10.6 Å². The molecule has 0 aromatic rings. The molecule has 4 nitrogen and oxygen atoms in total. The van der Waals surface area contributed by atoms with E-state index >= 15 is 0 Å². The molecule has 2 rings (SSSR count). The summed E-state index contributed by atoms with van der Waals surface area (Å²) in [5.41, 5.74) is 0. The van der Waals surface area contributed by atoms with Gasteiger partial charge in [0.05, 0.1) is 6.54 Å². The van der Waals surface area contributed by atoms with Gasteiger partial charge in [0.15, 0.2) is 5.96 Å². The summed E-state index contributed by atoms with van der Waals surface area (Å²) in [6.07, 6.45) is 9.47. The molecule has 5 heteroatoms. The minimum atomic E-state index is 0. The highest BCUT2D eigenvalue weighted by Gasteiger charge is 2.16. The van der Waals surface area contributed by atoms with Gasteiger partial charge < -0.3 is 15.5 Å². The predicted octanol–water partition coefficient (Wildman–Crippen LogP) is 2.59. The van der Waals surface area contributed by atoms with Crippen molar-refractivity contribution in [3.05, 3.63) is 0 Å². The van der Waals surface area contributed by atoms with Crippen LogP contribution in [0.5, 0.6) is 0 Å². The largest absolute Gasteiger partial charge is 0.357 e. The van der Waals surface area contributed by atoms with Gasteiger partial charge in [0.1, 0.15) is 0 Å². The Morgan fingerprint density at radius 1 is 1.10 bits per heavy atom. The van der Waals surface area contributed by atoms with E-state index in [0.29, 0.717) is 6.04 Å². The van der Waals surface area contributed by atoms with Crippen LogP contribution in [0.2, 0.25) is 0 Å². The van der Waals surface area contributed by atoms with Crippen molar-refractivity contribution in [2.45, 2.75) is 57.9 Å². The Bertz CT molecular complexity index is 271. The van der Waals surface area contributed by atoms with E-state index in [1.54, 1.807) is 0 Å². The summed E-state index contributed by atoms with van der Waals surface area (Å²) in [6, 6.07) is 0.646. The van der Waals surface area contributed by atoms with Gasteiger partial charge in [-0.3, -0.25) is 4.99 Å². The summed E-state index contributed by atoms with van der Waals surface area (Å²) in [4.78, 5) is 7.27. The van der Waals surface area contributed by atoms with Crippen molar-refractivity contribution in [3.8, 4) is 0 Å². The first-order valence-corrected chi connectivity index (χ1v) is 8.15. The first-order valence-electron chi connectivity index (χ1n) is 8.15. The quantitative estimate of drug-likeness (QED) is 0.428. The third kappa shape index (κ3) is 6.61. The Morgan fingerprint density at radius 3 is 2.45 bits per heavy atom. The molecular formula is C15H31IN4. The fourth-order valence-electron chi connectivity index (χ4n) is 3.07. The number of aliphatic imine (C=N–C) groups is 1. The maximum atomic E-state index is 4.72. The topological polar surface area (TPSA) is 39.7 Å². The Kier molecular flexibility index (Phi) is 9.59. The molecule has 2 fully saturated rings. The van der Waals surface area contributed by atoms with E-state index in [0.717, 1.165) is 25.6 Å². The number of nitrogens with zero attached hydrogens (tertiary/aromatic N) is 2. The lowest BCUT2D eigenvalue weighted by Crippen LogP contribution is -2.43. The van der Waals surface area contributed by atoms with Crippen molar-refractivity contribution < 1.29 is 0 Å². The highest BCUT2D eigenvalue weighted by atomic mass is 127. The molecule has 0 atom stereocenters. The van der Waals surface area contributed by atoms with Gasteiger partial charge in [-0.15, -0.1) is 24.0 Å². The van der Waals surface area contributed by atoms with Crippen molar-refractivity contribution in [2.75, 3.05) is 32.7 Å². The molecule has 1 saturated carbocycles. The van der Waals surface area contributed by atoms with Crippen molar-refractivity contribution in [2.24, 2.45) is 4.99 Å². The zero-order valence-electron chi connectivity index (χ0n) is 12.9. The molecule has 0 aromatic carbocycles. The lowest BCUT2D eigenvalue weighted by molar-refractivity contribution is 0.235. The van der Waals surface area contributed by atoms with Gasteiger partial charge in [0.2, 0.25) is 0 Å². The molecule has 1 aliphatic heterocycles. The fraction of sp³-hybridized carbons (Fsp3) is 0.933. The fourth-order valence-corrected chi connectivity index (χ4v) is 3.07. The second-order valence-corrected chi connectivity index (χ2v) is 5.79. The van der Waals surface area contributed by atoms with Crippen molar-refractivity contribution in [1.29, 1.82) is 0 Å². The number of hydrogen-bond acceptors (Lipinski definition) is 2. The molecule has 0 unspecified atom stereocenters. The van der Waals surface area contributed by atoms with E-state index in [1.807, 2.05) is 0 Å². The molecule has 0 amide bonds. The van der Waals surface area contributed by atoms with Gasteiger partial charge in [-0.2, -0.15) is 0 Å². The normalized spacial score (nSPS) is 21.6. The number of likely N-dealkylation sites (tertiary alicyclic amines) is 1. The zero-order chi connectivity index (χ0) is 13.3. The zero-order valence-corrected chi connectivity index (χ0v) is 15.2. The first-order chi connectivity index (χ1) is 9.38. The lowest BCUT2D eigenvalue weighted by atomic mass is 10.1. The van der Waals surface area contributed by atoms with Crippen LogP contribution in [0, 0.1) is 0 Å². The van der Waals surface area contributed by atoms with E-state index in [9.17, 15) is 0 Å². The molecule has 0 radical (unpaired) electrons. The Morgan fingerprint density at radius 2 is 1.80 bits per heavy atom. The van der Waals surface area contributed by atoms with Crippen molar-refractivity contribution in [1.82, 2.24) is 15.5 Å². The number of nitrogens with one attached hydrogen (secondary N) is 2. The van der Waals surface area contributed by atoms with E-state index < -0.39 is 0 Å². The monoisotopic (exact) mass is 394 g/mol. The number of rotatable bonds is 5. The molecule has 20 heavy (non-hydrogen) atoms. The summed E-state index contributed by atoms with van der Waals surface area (Å²) >= 11 is 0. The summed E-state index contributed by atoms with van der Waals surface area (Å²) in [7, 11) is 0. The maximum Gasteiger partial charge on any atom is 0.191 e. The predicted molar refractivity (Wildman–Crippen MR) is 97.1 cm³/mol. The standard InChI is InChI=1S/C15H30N4.HI/c1-2-16-15(18-14-8-4-5-9-14)17-10-13-19-11-6-3-7-12-19;/h14H,2-13H2,1H3,(H2,16,17,18);1H. The van der Waals surface area contributed by atoms with Crippen LogP contribution >= 0.6 is 24.0 Å². The average molecular weight is 394 g/mol. The van der Waals surface area contributed by atoms with Crippen molar-refractivity contribution in [3.63, 3.8) is 0 Å². The number of hydrogen-bond donors (Lipinski definition) is 2. The van der Waals surface area contributed by atoms with Gasteiger partial charge in [-0.25, -0.2) is 0 Å². The van der Waals surface area contributed by atoms with Crippen LogP contribution in [0.15, 0.2) is 4.99 Å². The maximum absolute atomic E-state index is 4.72. The van der Waals surface area contributed by atoms with Crippen LogP contribution in [0.25, 0.3) is 0 Å². The van der Waals surface area contributed by atoms with Crippen molar-refractivity contribution >= 4 is 29.9 Å². The second kappa shape index (κ2) is 10.7. The Hall–Kier alpha value is -0.0400. The smallest absolute Gasteiger partial charge is 0.191 e. The summed E-state index contributed by atoms with van der Waals surface area (Å²) < 4.78 is 0. The second-order valence-electron chi connectivity index (χ2n) is 5.79. The number of halogens is 1. The molecule has 1 heterocycles. The van der Waals surface area contributed by atoms with Gasteiger partial charge >= 0.3 is 0 Å². The van der Waals surface area contributed by atoms with Crippen LogP contribution in [0.4, 0.5) is 0 Å². The Balaban J connectivity index is 0.00000200. The van der Waals surface area contributed by atoms with E-state index in [2.05, 4.69) is 22.5 Å². The minimum absolute atomic E-state index is 0. The molecule has 0 aromatic heterocycles. The van der Waals surface area contributed by atoms with Gasteiger partial charge in [0, 0.05) is 19.1 Å². The highest BCUT2D eigenvalue weighted by molar-refractivity contribution is 14.0. The van der Waals surface area contributed by atoms with Crippen LogP contribution in [-0.2, 0) is 0 Å². The van der Waals surface area contributed by atoms with Crippen LogP contribution in [-0.4, -0.2) is 49.6 Å². The molecule has 1 aliphatic carbocycles. The highest BCUT2D eigenvalue weighted by Crippen LogP contribution is 2.17. The van der Waals surface area contributed by atoms with Gasteiger partial charge in [0.25, 0.3) is 0 Å².